The van der Waals surface area contributed by atoms with E-state index in [-0.39, 0.29) is 25.5 Å². The van der Waals surface area contributed by atoms with Crippen LogP contribution in [0.5, 0.6) is 5.75 Å². The Balaban J connectivity index is 1.52. The first-order chi connectivity index (χ1) is 16.4. The lowest BCUT2D eigenvalue weighted by molar-refractivity contribution is -0.127. The van der Waals surface area contributed by atoms with Crippen LogP contribution in [0.2, 0.25) is 0 Å². The van der Waals surface area contributed by atoms with Crippen LogP contribution in [-0.4, -0.2) is 46.4 Å². The summed E-state index contributed by atoms with van der Waals surface area (Å²) in [6.45, 7) is 0.0122. The minimum absolute atomic E-state index is 0.0388. The van der Waals surface area contributed by atoms with Gasteiger partial charge in [0.1, 0.15) is 11.2 Å². The molecule has 2 aliphatic rings. The molecule has 1 fully saturated rings. The second-order valence-electron chi connectivity index (χ2n) is 8.40. The number of carbonyl (C=O) groups is 3. The van der Waals surface area contributed by atoms with Crippen LogP contribution in [-0.2, 0) is 22.7 Å². The van der Waals surface area contributed by atoms with Gasteiger partial charge in [0.15, 0.2) is 0 Å². The molecule has 0 unspecified atom stereocenters. The predicted molar refractivity (Wildman–Crippen MR) is 122 cm³/mol. The fraction of sp³-hybridized carbons (Fsp3) is 0.231. The number of hydrogen-bond acceptors (Lipinski definition) is 6. The van der Waals surface area contributed by atoms with Crippen molar-refractivity contribution in [2.24, 2.45) is 5.41 Å². The fourth-order valence-electron chi connectivity index (χ4n) is 4.50. The highest BCUT2D eigenvalue weighted by Crippen LogP contribution is 2.34. The average Bonchev–Trinajstić information content (AvgIpc) is 3.31. The molecule has 5 rings (SSSR count). The number of aromatic nitrogens is 1. The van der Waals surface area contributed by atoms with Gasteiger partial charge in [0.2, 0.25) is 11.8 Å². The van der Waals surface area contributed by atoms with E-state index in [0.717, 1.165) is 16.5 Å². The van der Waals surface area contributed by atoms with Crippen molar-refractivity contribution >= 4 is 28.6 Å². The summed E-state index contributed by atoms with van der Waals surface area (Å²) in [6, 6.07) is 12.6. The van der Waals surface area contributed by atoms with Gasteiger partial charge in [0.05, 0.1) is 25.7 Å². The Morgan fingerprint density at radius 1 is 1.21 bits per heavy atom. The van der Waals surface area contributed by atoms with E-state index in [9.17, 15) is 19.5 Å². The molecule has 8 nitrogen and oxygen atoms in total. The molecule has 3 amide bonds. The summed E-state index contributed by atoms with van der Waals surface area (Å²) in [6.07, 6.45) is 1.39. The summed E-state index contributed by atoms with van der Waals surface area (Å²) >= 11 is 0. The Labute approximate surface area is 195 Å². The van der Waals surface area contributed by atoms with Crippen molar-refractivity contribution in [2.45, 2.75) is 19.6 Å². The van der Waals surface area contributed by atoms with E-state index < -0.39 is 17.2 Å². The van der Waals surface area contributed by atoms with E-state index in [1.54, 1.807) is 18.3 Å². The normalized spacial score (nSPS) is 19.1. The molecule has 0 bridgehead atoms. The van der Waals surface area contributed by atoms with Crippen molar-refractivity contribution in [1.29, 1.82) is 0 Å². The van der Waals surface area contributed by atoms with Gasteiger partial charge in [-0.15, -0.1) is 0 Å². The van der Waals surface area contributed by atoms with Crippen molar-refractivity contribution < 1.29 is 24.2 Å². The molecule has 0 spiro atoms. The monoisotopic (exact) mass is 455 g/mol. The largest absolute Gasteiger partial charge is 0.497 e. The molecule has 8 heteroatoms. The van der Waals surface area contributed by atoms with Crippen LogP contribution in [0.25, 0.3) is 10.9 Å². The van der Waals surface area contributed by atoms with E-state index >= 15 is 0 Å². The number of methoxy groups -OCH3 is 1. The smallest absolute Gasteiger partial charge is 0.254 e. The van der Waals surface area contributed by atoms with E-state index in [4.69, 9.17) is 4.74 Å². The standard InChI is InChI=1S/C26H21N3O5/c1-34-18-7-6-17-13-29(24(32)20(17)10-18)15-26(11-23(31)28-25(26)33)9-8-16-12-27-22-5-3-2-4-19(22)21(16)14-30/h2-7,10,12,30H,11,13-15H2,1H3,(H,28,31,33)/t26-/m1/s1. The molecular formula is C26H21N3O5. The van der Waals surface area contributed by atoms with Gasteiger partial charge in [0.25, 0.3) is 5.91 Å². The van der Waals surface area contributed by atoms with Crippen molar-refractivity contribution in [3.8, 4) is 17.6 Å². The molecule has 1 saturated heterocycles. The van der Waals surface area contributed by atoms with Crippen LogP contribution in [0.1, 0.15) is 33.5 Å². The van der Waals surface area contributed by atoms with Crippen LogP contribution in [0.4, 0.5) is 0 Å². The number of para-hydroxylation sites is 1. The first-order valence-corrected chi connectivity index (χ1v) is 10.8. The third-order valence-corrected chi connectivity index (χ3v) is 6.29. The minimum Gasteiger partial charge on any atom is -0.497 e. The molecule has 0 aliphatic carbocycles. The number of hydrogen-bond donors (Lipinski definition) is 2. The van der Waals surface area contributed by atoms with Crippen molar-refractivity contribution in [3.05, 3.63) is 70.9 Å². The summed E-state index contributed by atoms with van der Waals surface area (Å²) in [5, 5.41) is 13.1. The second kappa shape index (κ2) is 8.28. The van der Waals surface area contributed by atoms with E-state index in [1.807, 2.05) is 30.3 Å². The predicted octanol–water partition coefficient (Wildman–Crippen LogP) is 1.78. The summed E-state index contributed by atoms with van der Waals surface area (Å²) in [5.41, 5.74) is 1.70. The molecule has 0 saturated carbocycles. The number of nitrogens with zero attached hydrogens (tertiary/aromatic N) is 2. The molecule has 3 aromatic rings. The van der Waals surface area contributed by atoms with Crippen LogP contribution in [0, 0.1) is 17.3 Å². The van der Waals surface area contributed by atoms with Gasteiger partial charge in [-0.2, -0.15) is 0 Å². The summed E-state index contributed by atoms with van der Waals surface area (Å²) < 4.78 is 5.22. The Bertz CT molecular complexity index is 1420. The van der Waals surface area contributed by atoms with Crippen molar-refractivity contribution in [2.75, 3.05) is 13.7 Å². The first kappa shape index (κ1) is 21.6. The Morgan fingerprint density at radius 3 is 2.76 bits per heavy atom. The third-order valence-electron chi connectivity index (χ3n) is 6.29. The Morgan fingerprint density at radius 2 is 2.03 bits per heavy atom. The van der Waals surface area contributed by atoms with Crippen LogP contribution >= 0.6 is 0 Å². The molecule has 3 heterocycles. The number of fused-ring (bicyclic) bond motifs is 2. The summed E-state index contributed by atoms with van der Waals surface area (Å²) in [4.78, 5) is 44.1. The highest BCUT2D eigenvalue weighted by atomic mass is 16.5. The molecule has 2 N–H and O–H groups in total. The molecule has 34 heavy (non-hydrogen) atoms. The zero-order chi connectivity index (χ0) is 23.9. The quantitative estimate of drug-likeness (QED) is 0.459. The maximum atomic E-state index is 13.1. The number of benzene rings is 2. The highest BCUT2D eigenvalue weighted by molar-refractivity contribution is 6.08. The molecule has 2 aliphatic heterocycles. The summed E-state index contributed by atoms with van der Waals surface area (Å²) in [7, 11) is 1.53. The maximum absolute atomic E-state index is 13.1. The number of nitrogens with one attached hydrogen (secondary N) is 1. The zero-order valence-corrected chi connectivity index (χ0v) is 18.4. The highest BCUT2D eigenvalue weighted by Gasteiger charge is 2.48. The number of pyridine rings is 1. The Kier molecular flexibility index (Phi) is 5.27. The van der Waals surface area contributed by atoms with Crippen LogP contribution < -0.4 is 10.1 Å². The van der Waals surface area contributed by atoms with Gasteiger partial charge in [-0.3, -0.25) is 24.7 Å². The number of rotatable bonds is 4. The Hall–Kier alpha value is -4.22. The number of ether oxygens (including phenoxy) is 1. The first-order valence-electron chi connectivity index (χ1n) is 10.8. The zero-order valence-electron chi connectivity index (χ0n) is 18.4. The molecule has 2 aromatic carbocycles. The molecule has 170 valence electrons. The third kappa shape index (κ3) is 3.56. The lowest BCUT2D eigenvalue weighted by atomic mass is 9.85. The molecular weight excluding hydrogens is 434 g/mol. The van der Waals surface area contributed by atoms with Gasteiger partial charge in [0, 0.05) is 41.4 Å². The maximum Gasteiger partial charge on any atom is 0.254 e. The molecule has 1 aromatic heterocycles. The van der Waals surface area contributed by atoms with Crippen molar-refractivity contribution in [1.82, 2.24) is 15.2 Å². The van der Waals surface area contributed by atoms with Gasteiger partial charge >= 0.3 is 0 Å². The lowest BCUT2D eigenvalue weighted by Gasteiger charge is -2.26. The molecule has 0 radical (unpaired) electrons. The van der Waals surface area contributed by atoms with Gasteiger partial charge < -0.3 is 14.7 Å². The SMILES string of the molecule is COc1ccc2c(c1)C(=O)N(C[C@@]1(C#Cc3cnc4ccccc4c3CO)CC(=O)NC1=O)C2. The van der Waals surface area contributed by atoms with Gasteiger partial charge in [-0.1, -0.05) is 36.1 Å². The van der Waals surface area contributed by atoms with Crippen molar-refractivity contribution in [3.63, 3.8) is 0 Å². The van der Waals surface area contributed by atoms with Gasteiger partial charge in [-0.25, -0.2) is 0 Å². The number of imide groups is 1. The number of aliphatic hydroxyl groups excluding tert-OH is 1. The summed E-state index contributed by atoms with van der Waals surface area (Å²) in [5.74, 6) is 5.30. The number of carbonyl (C=O) groups excluding carboxylic acids is 3. The minimum atomic E-state index is -1.41. The van der Waals surface area contributed by atoms with Crippen LogP contribution in [0.15, 0.2) is 48.7 Å². The second-order valence-corrected chi connectivity index (χ2v) is 8.40. The van der Waals surface area contributed by atoms with Gasteiger partial charge in [-0.05, 0) is 23.8 Å². The number of amides is 3. The van der Waals surface area contributed by atoms with E-state index in [1.165, 1.54) is 12.0 Å². The fourth-order valence-corrected chi connectivity index (χ4v) is 4.50. The molecule has 1 atom stereocenters. The average molecular weight is 455 g/mol. The van der Waals surface area contributed by atoms with E-state index in [2.05, 4.69) is 22.1 Å². The van der Waals surface area contributed by atoms with Crippen LogP contribution in [0.3, 0.4) is 0 Å². The number of aliphatic hydroxyl groups is 1. The topological polar surface area (TPSA) is 109 Å². The van der Waals surface area contributed by atoms with E-state index in [0.29, 0.717) is 29.0 Å². The lowest BCUT2D eigenvalue weighted by Crippen LogP contribution is -2.42.